The van der Waals surface area contributed by atoms with Gasteiger partial charge in [0.05, 0.1) is 17.0 Å². The second-order valence-corrected chi connectivity index (χ2v) is 8.18. The fourth-order valence-electron chi connectivity index (χ4n) is 2.93. The number of hydrogen-bond acceptors (Lipinski definition) is 4. The molecule has 1 N–H and O–H groups in total. The first kappa shape index (κ1) is 20.7. The maximum atomic E-state index is 13.7. The zero-order valence-electron chi connectivity index (χ0n) is 15.5. The van der Waals surface area contributed by atoms with Gasteiger partial charge in [0.15, 0.2) is 11.0 Å². The van der Waals surface area contributed by atoms with Crippen LogP contribution in [0.25, 0.3) is 17.1 Å². The molecule has 1 aliphatic carbocycles. The number of hydrogen-bond donors (Lipinski definition) is 1. The lowest BCUT2D eigenvalue weighted by Crippen LogP contribution is -2.27. The highest BCUT2D eigenvalue weighted by atomic mass is 35.5. The van der Waals surface area contributed by atoms with Gasteiger partial charge in [0.25, 0.3) is 0 Å². The zero-order valence-corrected chi connectivity index (χ0v) is 17.1. The predicted octanol–water partition coefficient (Wildman–Crippen LogP) is 4.98. The number of para-hydroxylation sites is 1. The SMILES string of the molecule is O=C(CSc1nnc(-c2cccc(Cl)c2)n1-c1ccccc1C(F)(F)F)NC1CC1. The summed E-state index contributed by atoms with van der Waals surface area (Å²) in [5.41, 5.74) is -0.423. The van der Waals surface area contributed by atoms with Crippen molar-refractivity contribution in [3.63, 3.8) is 0 Å². The number of rotatable bonds is 6. The van der Waals surface area contributed by atoms with Gasteiger partial charge >= 0.3 is 6.18 Å². The van der Waals surface area contributed by atoms with Crippen LogP contribution >= 0.6 is 23.4 Å². The van der Waals surface area contributed by atoms with E-state index < -0.39 is 11.7 Å². The van der Waals surface area contributed by atoms with Crippen molar-refractivity contribution in [2.24, 2.45) is 0 Å². The molecular formula is C20H16ClF3N4OS. The maximum absolute atomic E-state index is 13.7. The van der Waals surface area contributed by atoms with Crippen LogP contribution in [-0.2, 0) is 11.0 Å². The summed E-state index contributed by atoms with van der Waals surface area (Å²) in [5.74, 6) is 0.0445. The summed E-state index contributed by atoms with van der Waals surface area (Å²) >= 11 is 7.10. The molecule has 4 rings (SSSR count). The second-order valence-electron chi connectivity index (χ2n) is 6.80. The quantitative estimate of drug-likeness (QED) is 0.536. The number of aromatic nitrogens is 3. The van der Waals surface area contributed by atoms with Crippen LogP contribution in [0.5, 0.6) is 0 Å². The van der Waals surface area contributed by atoms with Crippen LogP contribution in [0.1, 0.15) is 18.4 Å². The first-order valence-electron chi connectivity index (χ1n) is 9.13. The predicted molar refractivity (Wildman–Crippen MR) is 109 cm³/mol. The van der Waals surface area contributed by atoms with Crippen molar-refractivity contribution in [1.29, 1.82) is 0 Å². The summed E-state index contributed by atoms with van der Waals surface area (Å²) in [6, 6.07) is 12.0. The molecule has 1 aliphatic rings. The number of thioether (sulfide) groups is 1. The molecule has 0 spiro atoms. The van der Waals surface area contributed by atoms with Crippen LogP contribution in [0.2, 0.25) is 5.02 Å². The number of nitrogens with one attached hydrogen (secondary N) is 1. The zero-order chi connectivity index (χ0) is 21.3. The average Bonchev–Trinajstić information content (AvgIpc) is 3.41. The Morgan fingerprint density at radius 2 is 1.93 bits per heavy atom. The normalized spacial score (nSPS) is 14.0. The van der Waals surface area contributed by atoms with Gasteiger partial charge in [-0.3, -0.25) is 9.36 Å². The molecular weight excluding hydrogens is 437 g/mol. The van der Waals surface area contributed by atoms with Crippen LogP contribution in [0, 0.1) is 0 Å². The molecule has 0 bridgehead atoms. The van der Waals surface area contributed by atoms with Crippen LogP contribution in [0.15, 0.2) is 53.7 Å². The Hall–Kier alpha value is -2.52. The van der Waals surface area contributed by atoms with Gasteiger partial charge in [-0.25, -0.2) is 0 Å². The lowest BCUT2D eigenvalue weighted by Gasteiger charge is -2.16. The van der Waals surface area contributed by atoms with E-state index >= 15 is 0 Å². The Balaban J connectivity index is 1.77. The summed E-state index contributed by atoms with van der Waals surface area (Å²) in [6.07, 6.45) is -2.67. The van der Waals surface area contributed by atoms with E-state index in [4.69, 9.17) is 11.6 Å². The van der Waals surface area contributed by atoms with Gasteiger partial charge in [-0.1, -0.05) is 47.6 Å². The van der Waals surface area contributed by atoms with Crippen molar-refractivity contribution in [3.8, 4) is 17.1 Å². The summed E-state index contributed by atoms with van der Waals surface area (Å²) in [7, 11) is 0. The van der Waals surface area contributed by atoms with Crippen LogP contribution in [-0.4, -0.2) is 32.5 Å². The standard InChI is InChI=1S/C20H16ClF3N4OS/c21-13-5-3-4-12(10-13)18-26-27-19(30-11-17(29)25-14-8-9-14)28(18)16-7-2-1-6-15(16)20(22,23)24/h1-7,10,14H,8-9,11H2,(H,25,29). The third kappa shape index (κ3) is 4.62. The molecule has 1 saturated carbocycles. The molecule has 0 unspecified atom stereocenters. The molecule has 5 nitrogen and oxygen atoms in total. The topological polar surface area (TPSA) is 59.8 Å². The van der Waals surface area contributed by atoms with E-state index in [1.165, 1.54) is 22.8 Å². The van der Waals surface area contributed by atoms with Crippen molar-refractivity contribution < 1.29 is 18.0 Å². The lowest BCUT2D eigenvalue weighted by atomic mass is 10.1. The maximum Gasteiger partial charge on any atom is 0.418 e. The third-order valence-corrected chi connectivity index (χ3v) is 5.61. The van der Waals surface area contributed by atoms with E-state index in [0.717, 1.165) is 30.7 Å². The number of nitrogens with zero attached hydrogens (tertiary/aromatic N) is 3. The smallest absolute Gasteiger partial charge is 0.353 e. The number of benzene rings is 2. The largest absolute Gasteiger partial charge is 0.418 e. The van der Waals surface area contributed by atoms with Gasteiger partial charge < -0.3 is 5.32 Å². The average molecular weight is 453 g/mol. The molecule has 0 atom stereocenters. The molecule has 156 valence electrons. The molecule has 30 heavy (non-hydrogen) atoms. The summed E-state index contributed by atoms with van der Waals surface area (Å²) < 4.78 is 42.4. The second kappa shape index (κ2) is 8.31. The monoisotopic (exact) mass is 452 g/mol. The molecule has 0 aliphatic heterocycles. The number of alkyl halides is 3. The van der Waals surface area contributed by atoms with Gasteiger partial charge in [-0.2, -0.15) is 13.2 Å². The fraction of sp³-hybridized carbons (Fsp3) is 0.250. The van der Waals surface area contributed by atoms with E-state index in [1.807, 2.05) is 0 Å². The first-order chi connectivity index (χ1) is 14.3. The molecule has 1 amide bonds. The van der Waals surface area contributed by atoms with Gasteiger partial charge in [-0.05, 0) is 37.1 Å². The summed E-state index contributed by atoms with van der Waals surface area (Å²) in [4.78, 5) is 12.1. The molecule has 2 aromatic carbocycles. The number of amides is 1. The van der Waals surface area contributed by atoms with Gasteiger partial charge in [0.1, 0.15) is 0 Å². The highest BCUT2D eigenvalue weighted by molar-refractivity contribution is 7.99. The molecule has 1 aromatic heterocycles. The minimum absolute atomic E-state index is 0.0262. The van der Waals surface area contributed by atoms with Crippen molar-refractivity contribution >= 4 is 29.3 Å². The van der Waals surface area contributed by atoms with Crippen molar-refractivity contribution in [1.82, 2.24) is 20.1 Å². The van der Waals surface area contributed by atoms with Crippen molar-refractivity contribution in [3.05, 3.63) is 59.1 Å². The molecule has 0 saturated heterocycles. The van der Waals surface area contributed by atoms with E-state index in [1.54, 1.807) is 24.3 Å². The van der Waals surface area contributed by atoms with Crippen LogP contribution in [0.4, 0.5) is 13.2 Å². The van der Waals surface area contributed by atoms with Crippen molar-refractivity contribution in [2.75, 3.05) is 5.75 Å². The van der Waals surface area contributed by atoms with E-state index in [2.05, 4.69) is 15.5 Å². The number of carbonyl (C=O) groups excluding carboxylic acids is 1. The Morgan fingerprint density at radius 1 is 1.17 bits per heavy atom. The highest BCUT2D eigenvalue weighted by Gasteiger charge is 2.35. The fourth-order valence-corrected chi connectivity index (χ4v) is 3.88. The summed E-state index contributed by atoms with van der Waals surface area (Å²) in [5, 5.41) is 11.6. The Labute approximate surface area is 179 Å². The van der Waals surface area contributed by atoms with Gasteiger partial charge in [0, 0.05) is 16.6 Å². The van der Waals surface area contributed by atoms with Crippen LogP contribution in [0.3, 0.4) is 0 Å². The Morgan fingerprint density at radius 3 is 2.63 bits per heavy atom. The van der Waals surface area contributed by atoms with E-state index in [-0.39, 0.29) is 34.4 Å². The van der Waals surface area contributed by atoms with Crippen LogP contribution < -0.4 is 5.32 Å². The minimum atomic E-state index is -4.57. The first-order valence-corrected chi connectivity index (χ1v) is 10.5. The van der Waals surface area contributed by atoms with E-state index in [0.29, 0.717) is 10.6 Å². The minimum Gasteiger partial charge on any atom is -0.353 e. The van der Waals surface area contributed by atoms with Gasteiger partial charge in [0.2, 0.25) is 5.91 Å². The van der Waals surface area contributed by atoms with Crippen molar-refractivity contribution in [2.45, 2.75) is 30.2 Å². The highest BCUT2D eigenvalue weighted by Crippen LogP contribution is 2.37. The Bertz CT molecular complexity index is 1080. The summed E-state index contributed by atoms with van der Waals surface area (Å²) in [6.45, 7) is 0. The number of carbonyl (C=O) groups is 1. The number of halogens is 4. The molecule has 1 heterocycles. The lowest BCUT2D eigenvalue weighted by molar-refractivity contribution is -0.137. The van der Waals surface area contributed by atoms with Gasteiger partial charge in [-0.15, -0.1) is 10.2 Å². The molecule has 0 radical (unpaired) electrons. The molecule has 1 fully saturated rings. The molecule has 3 aromatic rings. The molecule has 10 heteroatoms. The Kier molecular flexibility index (Phi) is 5.75. The third-order valence-electron chi connectivity index (χ3n) is 4.44. The van der Waals surface area contributed by atoms with E-state index in [9.17, 15) is 18.0 Å².